The molecule has 0 bridgehead atoms. The van der Waals surface area contributed by atoms with Crippen LogP contribution in [-0.2, 0) is 0 Å². The Balaban J connectivity index is 0.00000242. The van der Waals surface area contributed by atoms with Gasteiger partial charge in [0, 0.05) is 24.7 Å². The summed E-state index contributed by atoms with van der Waals surface area (Å²) in [4.78, 5) is 18.0. The van der Waals surface area contributed by atoms with Crippen LogP contribution in [0.5, 0.6) is 0 Å². The highest BCUT2D eigenvalue weighted by molar-refractivity contribution is 5.94. The molecule has 1 heterocycles. The summed E-state index contributed by atoms with van der Waals surface area (Å²) in [5.74, 6) is 0.475. The third kappa shape index (κ3) is 4.29. The van der Waals surface area contributed by atoms with E-state index >= 15 is 0 Å². The Morgan fingerprint density at radius 3 is 2.45 bits per heavy atom. The summed E-state index contributed by atoms with van der Waals surface area (Å²) >= 11 is 0. The lowest BCUT2D eigenvalue weighted by atomic mass is 9.93. The van der Waals surface area contributed by atoms with Gasteiger partial charge in [0.25, 0.3) is 5.91 Å². The fourth-order valence-corrected chi connectivity index (χ4v) is 2.06. The van der Waals surface area contributed by atoms with Crippen molar-refractivity contribution in [3.63, 3.8) is 0 Å². The molecule has 0 spiro atoms. The first-order valence-corrected chi connectivity index (χ1v) is 6.75. The van der Waals surface area contributed by atoms with Crippen molar-refractivity contribution in [1.82, 2.24) is 15.0 Å². The van der Waals surface area contributed by atoms with E-state index < -0.39 is 0 Å². The van der Waals surface area contributed by atoms with Crippen molar-refractivity contribution in [2.24, 2.45) is 11.1 Å². The first-order chi connectivity index (χ1) is 9.93. The van der Waals surface area contributed by atoms with Gasteiger partial charge in [0.05, 0.1) is 0 Å². The molecule has 22 heavy (non-hydrogen) atoms. The topological polar surface area (TPSA) is 85.2 Å². The summed E-state index contributed by atoms with van der Waals surface area (Å²) in [6.45, 7) is 5.21. The third-order valence-electron chi connectivity index (χ3n) is 3.32. The van der Waals surface area contributed by atoms with E-state index in [9.17, 15) is 4.79 Å². The lowest BCUT2D eigenvalue weighted by Gasteiger charge is -2.29. The van der Waals surface area contributed by atoms with Gasteiger partial charge < -0.3 is 15.2 Å². The van der Waals surface area contributed by atoms with Gasteiger partial charge in [-0.05, 0) is 24.1 Å². The normalized spacial score (nSPS) is 10.9. The minimum atomic E-state index is -0.102. The van der Waals surface area contributed by atoms with Crippen molar-refractivity contribution >= 4 is 18.3 Å². The van der Waals surface area contributed by atoms with Crippen molar-refractivity contribution in [2.45, 2.75) is 13.8 Å². The van der Waals surface area contributed by atoms with E-state index in [0.717, 1.165) is 5.56 Å². The maximum atomic E-state index is 12.4. The molecular formula is C15H21ClN4O2. The van der Waals surface area contributed by atoms with Crippen LogP contribution in [0.25, 0.3) is 11.4 Å². The number of benzene rings is 1. The Morgan fingerprint density at radius 1 is 1.32 bits per heavy atom. The Bertz CT molecular complexity index is 597. The minimum absolute atomic E-state index is 0. The van der Waals surface area contributed by atoms with E-state index in [2.05, 4.69) is 10.1 Å². The standard InChI is InChI=1S/C15H20N4O2.ClH/c1-15(2,8-16)9-19(3)14(20)12-6-4-11(5-7-12)13-17-10-21-18-13;/h4-7,10H,8-9,16H2,1-3H3;1H. The van der Waals surface area contributed by atoms with Gasteiger partial charge in [-0.15, -0.1) is 12.4 Å². The zero-order valence-corrected chi connectivity index (χ0v) is 13.8. The van der Waals surface area contributed by atoms with E-state index in [0.29, 0.717) is 24.5 Å². The molecule has 120 valence electrons. The van der Waals surface area contributed by atoms with Crippen LogP contribution in [0.15, 0.2) is 35.2 Å². The number of rotatable bonds is 5. The molecular weight excluding hydrogens is 304 g/mol. The summed E-state index contributed by atoms with van der Waals surface area (Å²) in [5.41, 5.74) is 7.04. The summed E-state index contributed by atoms with van der Waals surface area (Å²) in [6.07, 6.45) is 1.27. The van der Waals surface area contributed by atoms with Crippen molar-refractivity contribution < 1.29 is 9.32 Å². The number of nitrogens with zero attached hydrogens (tertiary/aromatic N) is 3. The second-order valence-corrected chi connectivity index (χ2v) is 5.86. The molecule has 6 nitrogen and oxygen atoms in total. The molecule has 0 saturated heterocycles. The van der Waals surface area contributed by atoms with E-state index in [-0.39, 0.29) is 23.7 Å². The van der Waals surface area contributed by atoms with Crippen molar-refractivity contribution in [2.75, 3.05) is 20.1 Å². The number of halogens is 1. The Labute approximate surface area is 136 Å². The van der Waals surface area contributed by atoms with Crippen LogP contribution in [0.4, 0.5) is 0 Å². The molecule has 0 aliphatic heterocycles. The van der Waals surface area contributed by atoms with E-state index in [4.69, 9.17) is 10.3 Å². The van der Waals surface area contributed by atoms with E-state index in [1.165, 1.54) is 6.39 Å². The van der Waals surface area contributed by atoms with E-state index in [1.54, 1.807) is 36.2 Å². The first kappa shape index (κ1) is 18.1. The van der Waals surface area contributed by atoms with Crippen LogP contribution in [-0.4, -0.2) is 41.1 Å². The summed E-state index contributed by atoms with van der Waals surface area (Å²) < 4.78 is 4.70. The molecule has 0 aliphatic rings. The van der Waals surface area contributed by atoms with Crippen molar-refractivity contribution in [3.8, 4) is 11.4 Å². The molecule has 1 aromatic carbocycles. The van der Waals surface area contributed by atoms with E-state index in [1.807, 2.05) is 13.8 Å². The van der Waals surface area contributed by atoms with Gasteiger partial charge in [-0.1, -0.05) is 31.1 Å². The van der Waals surface area contributed by atoms with Crippen molar-refractivity contribution in [3.05, 3.63) is 36.2 Å². The van der Waals surface area contributed by atoms with Crippen LogP contribution in [0.3, 0.4) is 0 Å². The molecule has 2 aromatic rings. The van der Waals surface area contributed by atoms with Gasteiger partial charge in [-0.2, -0.15) is 4.98 Å². The molecule has 0 atom stereocenters. The molecule has 0 unspecified atom stereocenters. The van der Waals surface area contributed by atoms with Gasteiger partial charge in [0.2, 0.25) is 12.2 Å². The highest BCUT2D eigenvalue weighted by Gasteiger charge is 2.22. The number of hydrogen-bond acceptors (Lipinski definition) is 5. The number of amides is 1. The molecule has 0 radical (unpaired) electrons. The quantitative estimate of drug-likeness (QED) is 0.911. The fourth-order valence-electron chi connectivity index (χ4n) is 2.06. The Hall–Kier alpha value is -1.92. The molecule has 0 aliphatic carbocycles. The van der Waals surface area contributed by atoms with Gasteiger partial charge in [0.15, 0.2) is 0 Å². The smallest absolute Gasteiger partial charge is 0.253 e. The Kier molecular flexibility index (Phi) is 6.08. The van der Waals surface area contributed by atoms with Gasteiger partial charge in [-0.3, -0.25) is 4.79 Å². The number of nitrogens with two attached hydrogens (primary N) is 1. The average molecular weight is 325 g/mol. The zero-order valence-electron chi connectivity index (χ0n) is 12.9. The second kappa shape index (κ2) is 7.38. The molecule has 2 rings (SSSR count). The lowest BCUT2D eigenvalue weighted by molar-refractivity contribution is 0.0740. The number of carbonyl (C=O) groups excluding carboxylic acids is 1. The first-order valence-electron chi connectivity index (χ1n) is 6.75. The zero-order chi connectivity index (χ0) is 15.5. The third-order valence-corrected chi connectivity index (χ3v) is 3.32. The SMILES string of the molecule is CN(CC(C)(C)CN)C(=O)c1ccc(-c2ncon2)cc1.Cl. The highest BCUT2D eigenvalue weighted by Crippen LogP contribution is 2.18. The molecule has 7 heteroatoms. The predicted octanol–water partition coefficient (Wildman–Crippen LogP) is 2.22. The van der Waals surface area contributed by atoms with Crippen LogP contribution in [0.1, 0.15) is 24.2 Å². The molecule has 1 amide bonds. The second-order valence-electron chi connectivity index (χ2n) is 5.86. The van der Waals surface area contributed by atoms with Crippen LogP contribution >= 0.6 is 12.4 Å². The van der Waals surface area contributed by atoms with Crippen molar-refractivity contribution in [1.29, 1.82) is 0 Å². The molecule has 0 fully saturated rings. The summed E-state index contributed by atoms with van der Waals surface area (Å²) in [7, 11) is 1.78. The maximum absolute atomic E-state index is 12.4. The molecule has 0 saturated carbocycles. The minimum Gasteiger partial charge on any atom is -0.342 e. The maximum Gasteiger partial charge on any atom is 0.253 e. The summed E-state index contributed by atoms with van der Waals surface area (Å²) in [5, 5.41) is 3.76. The summed E-state index contributed by atoms with van der Waals surface area (Å²) in [6, 6.07) is 7.14. The number of hydrogen-bond donors (Lipinski definition) is 1. The fraction of sp³-hybridized carbons (Fsp3) is 0.400. The van der Waals surface area contributed by atoms with Crippen LogP contribution < -0.4 is 5.73 Å². The number of carbonyl (C=O) groups is 1. The largest absolute Gasteiger partial charge is 0.342 e. The van der Waals surface area contributed by atoms with Gasteiger partial charge >= 0.3 is 0 Å². The molecule has 2 N–H and O–H groups in total. The van der Waals surface area contributed by atoms with Crippen LogP contribution in [0.2, 0.25) is 0 Å². The number of aromatic nitrogens is 2. The monoisotopic (exact) mass is 324 g/mol. The highest BCUT2D eigenvalue weighted by atomic mass is 35.5. The van der Waals surface area contributed by atoms with Gasteiger partial charge in [0.1, 0.15) is 0 Å². The van der Waals surface area contributed by atoms with Gasteiger partial charge in [-0.25, -0.2) is 0 Å². The van der Waals surface area contributed by atoms with Crippen LogP contribution in [0, 0.1) is 5.41 Å². The Morgan fingerprint density at radius 2 is 1.95 bits per heavy atom. The average Bonchev–Trinajstić information content (AvgIpc) is 3.00. The molecule has 1 aromatic heterocycles. The lowest BCUT2D eigenvalue weighted by Crippen LogP contribution is -2.39. The predicted molar refractivity (Wildman–Crippen MR) is 86.8 cm³/mol.